The van der Waals surface area contributed by atoms with Crippen LogP contribution in [0.25, 0.3) is 0 Å². The van der Waals surface area contributed by atoms with Gasteiger partial charge in [-0.3, -0.25) is 0 Å². The van der Waals surface area contributed by atoms with Crippen LogP contribution in [-0.2, 0) is 6.42 Å². The predicted molar refractivity (Wildman–Crippen MR) is 71.9 cm³/mol. The quantitative estimate of drug-likeness (QED) is 0.772. The molecule has 1 heteroatoms. The molecule has 0 aliphatic rings. The second-order valence-corrected chi connectivity index (χ2v) is 4.91. The Bertz CT molecular complexity index is 291. The first-order valence-electron chi connectivity index (χ1n) is 6.37. The van der Waals surface area contributed by atoms with Crippen LogP contribution >= 0.6 is 0 Å². The Hall–Kier alpha value is -0.820. The molecule has 90 valence electrons. The summed E-state index contributed by atoms with van der Waals surface area (Å²) in [5.41, 5.74) is 4.26. The summed E-state index contributed by atoms with van der Waals surface area (Å²) in [4.78, 5) is 0. The smallest absolute Gasteiger partial charge is 0.00203 e. The highest BCUT2D eigenvalue weighted by molar-refractivity contribution is 5.28. The lowest BCUT2D eigenvalue weighted by Gasteiger charge is -2.16. The summed E-state index contributed by atoms with van der Waals surface area (Å²) in [6.45, 7) is 7.76. The first-order chi connectivity index (χ1) is 7.65. The van der Waals surface area contributed by atoms with E-state index in [1.54, 1.807) is 0 Å². The molecule has 0 amide bonds. The van der Waals surface area contributed by atoms with Gasteiger partial charge in [0.15, 0.2) is 0 Å². The number of hydrogen-bond donors (Lipinski definition) is 1. The van der Waals surface area contributed by atoms with Gasteiger partial charge >= 0.3 is 0 Å². The molecule has 0 heterocycles. The fraction of sp³-hybridized carbons (Fsp3) is 0.600. The van der Waals surface area contributed by atoms with Crippen LogP contribution in [0.4, 0.5) is 0 Å². The summed E-state index contributed by atoms with van der Waals surface area (Å²) in [5.74, 6) is 0.774. The zero-order chi connectivity index (χ0) is 12.0. The molecule has 1 rings (SSSR count). The van der Waals surface area contributed by atoms with Crippen molar-refractivity contribution in [3.63, 3.8) is 0 Å². The monoisotopic (exact) mass is 219 g/mol. The van der Waals surface area contributed by atoms with E-state index in [-0.39, 0.29) is 0 Å². The van der Waals surface area contributed by atoms with Gasteiger partial charge in [0.1, 0.15) is 0 Å². The Labute approximate surface area is 100 Å². The van der Waals surface area contributed by atoms with Crippen LogP contribution in [0.5, 0.6) is 0 Å². The van der Waals surface area contributed by atoms with Gasteiger partial charge in [-0.1, -0.05) is 42.7 Å². The van der Waals surface area contributed by atoms with Gasteiger partial charge in [-0.15, -0.1) is 0 Å². The highest BCUT2D eigenvalue weighted by atomic mass is 14.8. The van der Waals surface area contributed by atoms with E-state index in [2.05, 4.69) is 44.3 Å². The molecule has 1 nitrogen and oxygen atoms in total. The number of hydrogen-bond acceptors (Lipinski definition) is 1. The van der Waals surface area contributed by atoms with Crippen LogP contribution in [0.2, 0.25) is 0 Å². The largest absolute Gasteiger partial charge is 0.319 e. The number of benzene rings is 1. The van der Waals surface area contributed by atoms with Crippen LogP contribution in [0, 0.1) is 19.8 Å². The van der Waals surface area contributed by atoms with E-state index in [0.717, 1.165) is 12.5 Å². The number of rotatable bonds is 6. The number of aryl methyl sites for hydroxylation is 2. The third-order valence-corrected chi connectivity index (χ3v) is 3.00. The molecule has 0 saturated heterocycles. The molecule has 1 aromatic rings. The standard InChI is InChI=1S/C15H25N/c1-5-6-14(11-16-4)10-15-8-12(2)7-13(3)9-15/h7-9,14,16H,5-6,10-11H2,1-4H3. The molecule has 0 saturated carbocycles. The van der Waals surface area contributed by atoms with E-state index in [1.807, 2.05) is 7.05 Å². The van der Waals surface area contributed by atoms with E-state index in [4.69, 9.17) is 0 Å². The van der Waals surface area contributed by atoms with Crippen molar-refractivity contribution in [2.24, 2.45) is 5.92 Å². The van der Waals surface area contributed by atoms with Gasteiger partial charge in [0.05, 0.1) is 0 Å². The second-order valence-electron chi connectivity index (χ2n) is 4.91. The van der Waals surface area contributed by atoms with E-state index < -0.39 is 0 Å². The first-order valence-corrected chi connectivity index (χ1v) is 6.37. The molecule has 0 aliphatic heterocycles. The Morgan fingerprint density at radius 3 is 2.25 bits per heavy atom. The van der Waals surface area contributed by atoms with Crippen molar-refractivity contribution < 1.29 is 0 Å². The minimum absolute atomic E-state index is 0.774. The third-order valence-electron chi connectivity index (χ3n) is 3.00. The highest BCUT2D eigenvalue weighted by Gasteiger charge is 2.08. The third kappa shape index (κ3) is 4.36. The van der Waals surface area contributed by atoms with E-state index in [9.17, 15) is 0 Å². The first kappa shape index (κ1) is 13.2. The van der Waals surface area contributed by atoms with Crippen LogP contribution in [0.3, 0.4) is 0 Å². The van der Waals surface area contributed by atoms with Gasteiger partial charge in [0, 0.05) is 0 Å². The minimum Gasteiger partial charge on any atom is -0.319 e. The lowest BCUT2D eigenvalue weighted by molar-refractivity contribution is 0.456. The zero-order valence-corrected chi connectivity index (χ0v) is 11.1. The molecule has 1 aromatic carbocycles. The molecule has 1 unspecified atom stereocenters. The van der Waals surface area contributed by atoms with Crippen LogP contribution in [-0.4, -0.2) is 13.6 Å². The molecular weight excluding hydrogens is 194 g/mol. The summed E-state index contributed by atoms with van der Waals surface area (Å²) in [6.07, 6.45) is 3.79. The lowest BCUT2D eigenvalue weighted by Crippen LogP contribution is -2.20. The van der Waals surface area contributed by atoms with Gasteiger partial charge < -0.3 is 5.32 Å². The summed E-state index contributed by atoms with van der Waals surface area (Å²) >= 11 is 0. The average Bonchev–Trinajstić information content (AvgIpc) is 2.16. The van der Waals surface area contributed by atoms with Crippen molar-refractivity contribution in [2.45, 2.75) is 40.0 Å². The molecule has 0 fully saturated rings. The van der Waals surface area contributed by atoms with Crippen molar-refractivity contribution in [3.05, 3.63) is 34.9 Å². The van der Waals surface area contributed by atoms with Crippen molar-refractivity contribution in [1.29, 1.82) is 0 Å². The summed E-state index contributed by atoms with van der Waals surface area (Å²) < 4.78 is 0. The summed E-state index contributed by atoms with van der Waals surface area (Å²) in [6, 6.07) is 6.90. The Kier molecular flexibility index (Phi) is 5.54. The van der Waals surface area contributed by atoms with Crippen LogP contribution < -0.4 is 5.32 Å². The van der Waals surface area contributed by atoms with Crippen molar-refractivity contribution in [3.8, 4) is 0 Å². The SMILES string of the molecule is CCCC(CNC)Cc1cc(C)cc(C)c1. The lowest BCUT2D eigenvalue weighted by atomic mass is 9.93. The fourth-order valence-electron chi connectivity index (χ4n) is 2.49. The molecule has 1 atom stereocenters. The van der Waals surface area contributed by atoms with Gasteiger partial charge in [-0.25, -0.2) is 0 Å². The molecule has 0 spiro atoms. The Morgan fingerprint density at radius 2 is 1.75 bits per heavy atom. The van der Waals surface area contributed by atoms with Gasteiger partial charge in [0.2, 0.25) is 0 Å². The fourth-order valence-corrected chi connectivity index (χ4v) is 2.49. The Balaban J connectivity index is 2.68. The maximum Gasteiger partial charge on any atom is -0.00203 e. The maximum atomic E-state index is 3.30. The Morgan fingerprint density at radius 1 is 1.12 bits per heavy atom. The molecule has 1 N–H and O–H groups in total. The highest BCUT2D eigenvalue weighted by Crippen LogP contribution is 2.16. The predicted octanol–water partition coefficient (Wildman–Crippen LogP) is 3.48. The van der Waals surface area contributed by atoms with Crippen molar-refractivity contribution >= 4 is 0 Å². The molecule has 0 radical (unpaired) electrons. The molecule has 0 aliphatic carbocycles. The molecule has 0 aromatic heterocycles. The second kappa shape index (κ2) is 6.70. The van der Waals surface area contributed by atoms with E-state index in [0.29, 0.717) is 0 Å². The van der Waals surface area contributed by atoms with Crippen molar-refractivity contribution in [1.82, 2.24) is 5.32 Å². The molecule has 0 bridgehead atoms. The van der Waals surface area contributed by atoms with Crippen LogP contribution in [0.1, 0.15) is 36.5 Å². The van der Waals surface area contributed by atoms with Gasteiger partial charge in [-0.2, -0.15) is 0 Å². The minimum atomic E-state index is 0.774. The van der Waals surface area contributed by atoms with Crippen molar-refractivity contribution in [2.75, 3.05) is 13.6 Å². The topological polar surface area (TPSA) is 12.0 Å². The molecular formula is C15H25N. The average molecular weight is 219 g/mol. The van der Waals surface area contributed by atoms with E-state index in [1.165, 1.54) is 36.0 Å². The van der Waals surface area contributed by atoms with Gasteiger partial charge in [-0.05, 0) is 51.8 Å². The normalized spacial score (nSPS) is 12.8. The van der Waals surface area contributed by atoms with Crippen LogP contribution in [0.15, 0.2) is 18.2 Å². The maximum absolute atomic E-state index is 3.30. The molecule has 16 heavy (non-hydrogen) atoms. The summed E-state index contributed by atoms with van der Waals surface area (Å²) in [7, 11) is 2.05. The van der Waals surface area contributed by atoms with E-state index >= 15 is 0 Å². The number of nitrogens with one attached hydrogen (secondary N) is 1. The van der Waals surface area contributed by atoms with Gasteiger partial charge in [0.25, 0.3) is 0 Å². The summed E-state index contributed by atoms with van der Waals surface area (Å²) in [5, 5.41) is 3.30. The zero-order valence-electron chi connectivity index (χ0n) is 11.1.